The standard InChI is InChI=1S/C11H17ClN4/c12-9-10(13)15-7-16-11(9)14-6-5-8-3-1-2-4-8/h7-8H,1-6H2,(H3,13,14,15,16). The number of anilines is 2. The summed E-state index contributed by atoms with van der Waals surface area (Å²) in [5, 5.41) is 3.64. The van der Waals surface area contributed by atoms with Gasteiger partial charge in [0.05, 0.1) is 0 Å². The topological polar surface area (TPSA) is 63.8 Å². The van der Waals surface area contributed by atoms with Crippen molar-refractivity contribution in [3.8, 4) is 0 Å². The molecule has 1 heterocycles. The predicted octanol–water partition coefficient (Wildman–Crippen LogP) is 2.70. The minimum atomic E-state index is 0.333. The van der Waals surface area contributed by atoms with E-state index in [4.69, 9.17) is 17.3 Å². The van der Waals surface area contributed by atoms with Gasteiger partial charge in [-0.1, -0.05) is 37.3 Å². The quantitative estimate of drug-likeness (QED) is 0.850. The van der Waals surface area contributed by atoms with E-state index in [0.717, 1.165) is 12.5 Å². The highest BCUT2D eigenvalue weighted by Gasteiger charge is 2.14. The molecule has 1 aliphatic rings. The number of nitrogens with two attached hydrogens (primary N) is 1. The van der Waals surface area contributed by atoms with E-state index in [1.807, 2.05) is 0 Å². The maximum Gasteiger partial charge on any atom is 0.150 e. The highest BCUT2D eigenvalue weighted by Crippen LogP contribution is 2.28. The minimum absolute atomic E-state index is 0.333. The van der Waals surface area contributed by atoms with Crippen molar-refractivity contribution < 1.29 is 0 Å². The Morgan fingerprint density at radius 2 is 2.12 bits per heavy atom. The second-order valence-corrected chi connectivity index (χ2v) is 4.67. The Morgan fingerprint density at radius 3 is 2.88 bits per heavy atom. The molecule has 16 heavy (non-hydrogen) atoms. The Labute approximate surface area is 101 Å². The van der Waals surface area contributed by atoms with E-state index in [0.29, 0.717) is 16.7 Å². The highest BCUT2D eigenvalue weighted by molar-refractivity contribution is 6.35. The van der Waals surface area contributed by atoms with Gasteiger partial charge >= 0.3 is 0 Å². The molecule has 3 N–H and O–H groups in total. The van der Waals surface area contributed by atoms with Crippen LogP contribution >= 0.6 is 11.6 Å². The van der Waals surface area contributed by atoms with Crippen LogP contribution in [0.2, 0.25) is 5.02 Å². The van der Waals surface area contributed by atoms with Gasteiger partial charge < -0.3 is 11.1 Å². The molecule has 0 atom stereocenters. The summed E-state index contributed by atoms with van der Waals surface area (Å²) >= 11 is 5.98. The van der Waals surface area contributed by atoms with E-state index in [-0.39, 0.29) is 0 Å². The van der Waals surface area contributed by atoms with Crippen molar-refractivity contribution in [2.45, 2.75) is 32.1 Å². The van der Waals surface area contributed by atoms with E-state index < -0.39 is 0 Å². The smallest absolute Gasteiger partial charge is 0.150 e. The van der Waals surface area contributed by atoms with E-state index >= 15 is 0 Å². The third kappa shape index (κ3) is 2.76. The van der Waals surface area contributed by atoms with Crippen LogP contribution in [0.5, 0.6) is 0 Å². The van der Waals surface area contributed by atoms with Crippen LogP contribution in [0.1, 0.15) is 32.1 Å². The van der Waals surface area contributed by atoms with E-state index in [1.54, 1.807) is 0 Å². The summed E-state index contributed by atoms with van der Waals surface area (Å²) in [5.74, 6) is 1.85. The maximum absolute atomic E-state index is 5.98. The molecule has 0 bridgehead atoms. The van der Waals surface area contributed by atoms with Gasteiger partial charge in [-0.2, -0.15) is 0 Å². The maximum atomic E-state index is 5.98. The number of nitrogen functional groups attached to an aromatic ring is 1. The summed E-state index contributed by atoms with van der Waals surface area (Å²) in [6.07, 6.45) is 8.10. The van der Waals surface area contributed by atoms with Gasteiger partial charge in [-0.3, -0.25) is 0 Å². The lowest BCUT2D eigenvalue weighted by molar-refractivity contribution is 0.518. The van der Waals surface area contributed by atoms with Crippen molar-refractivity contribution in [3.05, 3.63) is 11.3 Å². The van der Waals surface area contributed by atoms with Crippen LogP contribution in [0.3, 0.4) is 0 Å². The lowest BCUT2D eigenvalue weighted by Gasteiger charge is -2.11. The van der Waals surface area contributed by atoms with Gasteiger partial charge in [-0.15, -0.1) is 0 Å². The number of halogens is 1. The van der Waals surface area contributed by atoms with Gasteiger partial charge in [0, 0.05) is 6.54 Å². The largest absolute Gasteiger partial charge is 0.382 e. The second-order valence-electron chi connectivity index (χ2n) is 4.29. The molecule has 1 fully saturated rings. The Hall–Kier alpha value is -1.03. The van der Waals surface area contributed by atoms with Gasteiger partial charge in [0.1, 0.15) is 23.0 Å². The summed E-state index contributed by atoms with van der Waals surface area (Å²) in [5.41, 5.74) is 5.59. The Bertz CT molecular complexity index is 350. The first-order valence-corrected chi connectivity index (χ1v) is 6.15. The molecule has 0 spiro atoms. The number of rotatable bonds is 4. The zero-order valence-corrected chi connectivity index (χ0v) is 10.0. The van der Waals surface area contributed by atoms with Crippen molar-refractivity contribution in [1.29, 1.82) is 0 Å². The molecule has 1 aromatic rings. The molecule has 1 saturated carbocycles. The zero-order chi connectivity index (χ0) is 11.4. The minimum Gasteiger partial charge on any atom is -0.382 e. The molecule has 1 aromatic heterocycles. The highest BCUT2D eigenvalue weighted by atomic mass is 35.5. The van der Waals surface area contributed by atoms with Crippen LogP contribution in [-0.4, -0.2) is 16.5 Å². The third-order valence-electron chi connectivity index (χ3n) is 3.14. The summed E-state index contributed by atoms with van der Waals surface area (Å²) in [7, 11) is 0. The first-order chi connectivity index (χ1) is 7.77. The van der Waals surface area contributed by atoms with E-state index in [1.165, 1.54) is 38.4 Å². The number of hydrogen-bond acceptors (Lipinski definition) is 4. The van der Waals surface area contributed by atoms with Crippen LogP contribution in [0, 0.1) is 5.92 Å². The van der Waals surface area contributed by atoms with Gasteiger partial charge in [-0.25, -0.2) is 9.97 Å². The summed E-state index contributed by atoms with van der Waals surface area (Å²) < 4.78 is 0. The lowest BCUT2D eigenvalue weighted by Crippen LogP contribution is -2.09. The van der Waals surface area contributed by atoms with Crippen molar-refractivity contribution in [3.63, 3.8) is 0 Å². The van der Waals surface area contributed by atoms with Crippen LogP contribution < -0.4 is 11.1 Å². The normalized spacial score (nSPS) is 16.6. The second kappa shape index (κ2) is 5.34. The fourth-order valence-corrected chi connectivity index (χ4v) is 2.36. The molecule has 0 radical (unpaired) electrons. The number of hydrogen-bond donors (Lipinski definition) is 2. The molecular weight excluding hydrogens is 224 g/mol. The Balaban J connectivity index is 1.82. The Morgan fingerprint density at radius 1 is 1.38 bits per heavy atom. The van der Waals surface area contributed by atoms with Crippen LogP contribution in [0.15, 0.2) is 6.33 Å². The third-order valence-corrected chi connectivity index (χ3v) is 3.51. The van der Waals surface area contributed by atoms with Gasteiger partial charge in [-0.05, 0) is 12.3 Å². The molecular formula is C11H17ClN4. The molecule has 88 valence electrons. The van der Waals surface area contributed by atoms with Crippen molar-refractivity contribution in [1.82, 2.24) is 9.97 Å². The van der Waals surface area contributed by atoms with Crippen molar-refractivity contribution in [2.75, 3.05) is 17.6 Å². The molecule has 0 saturated heterocycles. The van der Waals surface area contributed by atoms with Gasteiger partial charge in [0.15, 0.2) is 0 Å². The predicted molar refractivity (Wildman–Crippen MR) is 66.5 cm³/mol. The molecule has 0 unspecified atom stereocenters. The fraction of sp³-hybridized carbons (Fsp3) is 0.636. The molecule has 0 amide bonds. The molecule has 0 aromatic carbocycles. The first-order valence-electron chi connectivity index (χ1n) is 5.77. The van der Waals surface area contributed by atoms with Gasteiger partial charge in [0.2, 0.25) is 0 Å². The van der Waals surface area contributed by atoms with Gasteiger partial charge in [0.25, 0.3) is 0 Å². The average Bonchev–Trinajstić information content (AvgIpc) is 2.77. The first kappa shape index (κ1) is 11.5. The van der Waals surface area contributed by atoms with Crippen LogP contribution in [0.25, 0.3) is 0 Å². The van der Waals surface area contributed by atoms with E-state index in [2.05, 4.69) is 15.3 Å². The SMILES string of the molecule is Nc1ncnc(NCCC2CCCC2)c1Cl. The molecule has 0 aliphatic heterocycles. The molecule has 2 rings (SSSR count). The Kier molecular flexibility index (Phi) is 3.83. The number of aromatic nitrogens is 2. The monoisotopic (exact) mass is 240 g/mol. The molecule has 5 heteroatoms. The lowest BCUT2D eigenvalue weighted by atomic mass is 10.0. The van der Waals surface area contributed by atoms with Crippen molar-refractivity contribution in [2.24, 2.45) is 5.92 Å². The number of nitrogens with one attached hydrogen (secondary N) is 1. The zero-order valence-electron chi connectivity index (χ0n) is 9.25. The summed E-state index contributed by atoms with van der Waals surface area (Å²) in [6.45, 7) is 0.904. The van der Waals surface area contributed by atoms with Crippen LogP contribution in [-0.2, 0) is 0 Å². The van der Waals surface area contributed by atoms with Crippen LogP contribution in [0.4, 0.5) is 11.6 Å². The molecule has 4 nitrogen and oxygen atoms in total. The molecule has 1 aliphatic carbocycles. The average molecular weight is 241 g/mol. The van der Waals surface area contributed by atoms with E-state index in [9.17, 15) is 0 Å². The number of nitrogens with zero attached hydrogens (tertiary/aromatic N) is 2. The fourth-order valence-electron chi connectivity index (χ4n) is 2.20. The summed E-state index contributed by atoms with van der Waals surface area (Å²) in [4.78, 5) is 7.89. The van der Waals surface area contributed by atoms with Crippen molar-refractivity contribution >= 4 is 23.2 Å². The summed E-state index contributed by atoms with van der Waals surface area (Å²) in [6, 6.07) is 0.